The van der Waals surface area contributed by atoms with Crippen molar-refractivity contribution in [3.05, 3.63) is 54.1 Å². The van der Waals surface area contributed by atoms with Gasteiger partial charge in [0.05, 0.1) is 13.7 Å². The van der Waals surface area contributed by atoms with E-state index in [1.165, 1.54) is 10.4 Å². The number of para-hydroxylation sites is 2. The molecule has 8 heteroatoms. The van der Waals surface area contributed by atoms with Gasteiger partial charge in [0.25, 0.3) is 0 Å². The minimum Gasteiger partial charge on any atom is -0.493 e. The van der Waals surface area contributed by atoms with Gasteiger partial charge in [0.1, 0.15) is 13.2 Å². The van der Waals surface area contributed by atoms with Crippen LogP contribution >= 0.6 is 0 Å². The highest BCUT2D eigenvalue weighted by Crippen LogP contribution is 2.25. The number of amides is 1. The summed E-state index contributed by atoms with van der Waals surface area (Å²) in [5, 5.41) is 15.0. The summed E-state index contributed by atoms with van der Waals surface area (Å²) in [6, 6.07) is 15.4. The number of methoxy groups -OCH3 is 1. The molecule has 0 atom stereocenters. The maximum Gasteiger partial charge on any atom is 0.243 e. The molecule has 29 heavy (non-hydrogen) atoms. The molecule has 0 aliphatic heterocycles. The number of hydrogen-bond donors (Lipinski definition) is 1. The number of hydrogen-bond acceptors (Lipinski definition) is 6. The second-order valence-corrected chi connectivity index (χ2v) is 6.77. The Morgan fingerprint density at radius 2 is 1.83 bits per heavy atom. The molecule has 0 unspecified atom stereocenters. The van der Waals surface area contributed by atoms with Crippen molar-refractivity contribution in [1.82, 2.24) is 25.5 Å². The van der Waals surface area contributed by atoms with Gasteiger partial charge in [0, 0.05) is 5.56 Å². The highest BCUT2D eigenvalue weighted by Gasteiger charge is 2.10. The molecule has 0 saturated heterocycles. The third-order valence-electron chi connectivity index (χ3n) is 4.32. The van der Waals surface area contributed by atoms with Gasteiger partial charge in [-0.1, -0.05) is 50.2 Å². The lowest BCUT2D eigenvalue weighted by Crippen LogP contribution is -2.31. The molecule has 8 nitrogen and oxygen atoms in total. The van der Waals surface area contributed by atoms with Crippen molar-refractivity contribution in [1.29, 1.82) is 0 Å². The first-order valence-electron chi connectivity index (χ1n) is 9.47. The Bertz CT molecular complexity index is 937. The summed E-state index contributed by atoms with van der Waals surface area (Å²) in [6.07, 6.45) is 0. The van der Waals surface area contributed by atoms with Crippen LogP contribution in [0.2, 0.25) is 0 Å². The molecule has 0 saturated carbocycles. The summed E-state index contributed by atoms with van der Waals surface area (Å²) in [6.45, 7) is 4.96. The Labute approximate surface area is 169 Å². The van der Waals surface area contributed by atoms with Gasteiger partial charge in [0.15, 0.2) is 11.5 Å². The molecule has 1 N–H and O–H groups in total. The van der Waals surface area contributed by atoms with Crippen LogP contribution in [0.25, 0.3) is 11.4 Å². The molecule has 152 valence electrons. The fraction of sp³-hybridized carbons (Fsp3) is 0.333. The molecule has 0 radical (unpaired) electrons. The van der Waals surface area contributed by atoms with Gasteiger partial charge in [-0.3, -0.25) is 4.79 Å². The van der Waals surface area contributed by atoms with Gasteiger partial charge in [-0.05, 0) is 28.8 Å². The van der Waals surface area contributed by atoms with Crippen LogP contribution in [0.5, 0.6) is 11.5 Å². The van der Waals surface area contributed by atoms with Crippen molar-refractivity contribution in [2.45, 2.75) is 26.3 Å². The minimum absolute atomic E-state index is 0.00820. The molecule has 1 amide bonds. The fourth-order valence-electron chi connectivity index (χ4n) is 2.72. The average molecular weight is 395 g/mol. The van der Waals surface area contributed by atoms with Crippen molar-refractivity contribution >= 4 is 5.91 Å². The van der Waals surface area contributed by atoms with E-state index < -0.39 is 0 Å². The second-order valence-electron chi connectivity index (χ2n) is 6.77. The topological polar surface area (TPSA) is 91.2 Å². The maximum atomic E-state index is 12.1. The number of benzene rings is 2. The molecular weight excluding hydrogens is 370 g/mol. The van der Waals surface area contributed by atoms with Crippen LogP contribution in [0.3, 0.4) is 0 Å². The van der Waals surface area contributed by atoms with Gasteiger partial charge in [-0.25, -0.2) is 0 Å². The number of carbonyl (C=O) groups excluding carboxylic acids is 1. The quantitative estimate of drug-likeness (QED) is 0.560. The van der Waals surface area contributed by atoms with Crippen LogP contribution < -0.4 is 14.8 Å². The average Bonchev–Trinajstić information content (AvgIpc) is 3.20. The Kier molecular flexibility index (Phi) is 6.78. The smallest absolute Gasteiger partial charge is 0.243 e. The van der Waals surface area contributed by atoms with Crippen molar-refractivity contribution in [3.63, 3.8) is 0 Å². The lowest BCUT2D eigenvalue weighted by molar-refractivity contribution is -0.122. The zero-order chi connectivity index (χ0) is 20.6. The summed E-state index contributed by atoms with van der Waals surface area (Å²) in [5.41, 5.74) is 2.11. The minimum atomic E-state index is -0.215. The number of nitrogens with one attached hydrogen (secondary N) is 1. The second kappa shape index (κ2) is 9.68. The highest BCUT2D eigenvalue weighted by molar-refractivity contribution is 5.75. The molecule has 1 heterocycles. The summed E-state index contributed by atoms with van der Waals surface area (Å²) in [7, 11) is 1.59. The Morgan fingerprint density at radius 3 is 2.52 bits per heavy atom. The van der Waals surface area contributed by atoms with E-state index in [0.717, 1.165) is 5.56 Å². The standard InChI is InChI=1S/C21H25N5O3/c1-15(2)16-8-10-17(11-9-16)21-23-25-26(24-21)14-20(27)22-12-13-29-19-7-5-4-6-18(19)28-3/h4-11,15H,12-14H2,1-3H3,(H,22,27). The summed E-state index contributed by atoms with van der Waals surface area (Å²) < 4.78 is 10.8. The van der Waals surface area contributed by atoms with Gasteiger partial charge >= 0.3 is 0 Å². The molecule has 1 aromatic heterocycles. The van der Waals surface area contributed by atoms with Crippen molar-refractivity contribution in [2.75, 3.05) is 20.3 Å². The number of nitrogens with zero attached hydrogens (tertiary/aromatic N) is 4. The third-order valence-corrected chi connectivity index (χ3v) is 4.32. The first kappa shape index (κ1) is 20.3. The van der Waals surface area contributed by atoms with Gasteiger partial charge in [0.2, 0.25) is 11.7 Å². The van der Waals surface area contributed by atoms with Crippen LogP contribution in [0, 0.1) is 0 Å². The first-order valence-corrected chi connectivity index (χ1v) is 9.47. The normalized spacial score (nSPS) is 10.8. The van der Waals surface area contributed by atoms with Crippen LogP contribution in [-0.2, 0) is 11.3 Å². The van der Waals surface area contributed by atoms with E-state index >= 15 is 0 Å². The number of aromatic nitrogens is 4. The Morgan fingerprint density at radius 1 is 1.10 bits per heavy atom. The van der Waals surface area contributed by atoms with E-state index in [1.54, 1.807) is 7.11 Å². The van der Waals surface area contributed by atoms with Crippen molar-refractivity contribution < 1.29 is 14.3 Å². The highest BCUT2D eigenvalue weighted by atomic mass is 16.5. The van der Waals surface area contributed by atoms with E-state index in [4.69, 9.17) is 9.47 Å². The first-order chi connectivity index (χ1) is 14.1. The van der Waals surface area contributed by atoms with Crippen LogP contribution in [0.4, 0.5) is 0 Å². The SMILES string of the molecule is COc1ccccc1OCCNC(=O)Cn1nnc(-c2ccc(C(C)C)cc2)n1. The van der Waals surface area contributed by atoms with Crippen LogP contribution in [-0.4, -0.2) is 46.4 Å². The van der Waals surface area contributed by atoms with E-state index in [2.05, 4.69) is 46.7 Å². The lowest BCUT2D eigenvalue weighted by Gasteiger charge is -2.10. The largest absolute Gasteiger partial charge is 0.493 e. The molecule has 0 spiro atoms. The van der Waals surface area contributed by atoms with Crippen molar-refractivity contribution in [2.24, 2.45) is 0 Å². The van der Waals surface area contributed by atoms with E-state index in [1.807, 2.05) is 36.4 Å². The fourth-order valence-corrected chi connectivity index (χ4v) is 2.72. The van der Waals surface area contributed by atoms with Crippen molar-refractivity contribution in [3.8, 4) is 22.9 Å². The summed E-state index contributed by atoms with van der Waals surface area (Å²) in [5.74, 6) is 2.03. The van der Waals surface area contributed by atoms with E-state index in [9.17, 15) is 4.79 Å². The molecule has 0 bridgehead atoms. The molecule has 3 rings (SSSR count). The molecule has 0 aliphatic carbocycles. The van der Waals surface area contributed by atoms with E-state index in [0.29, 0.717) is 36.4 Å². The zero-order valence-electron chi connectivity index (χ0n) is 16.8. The Balaban J connectivity index is 1.46. The number of carbonyl (C=O) groups is 1. The molecule has 0 aliphatic rings. The van der Waals surface area contributed by atoms with Gasteiger partial charge in [-0.2, -0.15) is 4.80 Å². The molecular formula is C21H25N5O3. The van der Waals surface area contributed by atoms with Crippen LogP contribution in [0.1, 0.15) is 25.3 Å². The van der Waals surface area contributed by atoms with Gasteiger partial charge < -0.3 is 14.8 Å². The lowest BCUT2D eigenvalue weighted by atomic mass is 10.0. The summed E-state index contributed by atoms with van der Waals surface area (Å²) >= 11 is 0. The zero-order valence-corrected chi connectivity index (χ0v) is 16.8. The van der Waals surface area contributed by atoms with Gasteiger partial charge in [-0.15, -0.1) is 10.2 Å². The predicted octanol–water partition coefficient (Wildman–Crippen LogP) is 2.67. The third kappa shape index (κ3) is 5.54. The number of tetrazole rings is 1. The Hall–Kier alpha value is -3.42. The van der Waals surface area contributed by atoms with E-state index in [-0.39, 0.29) is 12.5 Å². The number of ether oxygens (including phenoxy) is 2. The molecule has 2 aromatic carbocycles. The number of rotatable bonds is 9. The molecule has 0 fully saturated rings. The maximum absolute atomic E-state index is 12.1. The summed E-state index contributed by atoms with van der Waals surface area (Å²) in [4.78, 5) is 13.4. The monoisotopic (exact) mass is 395 g/mol. The molecule has 3 aromatic rings. The predicted molar refractivity (Wildman–Crippen MR) is 109 cm³/mol. The van der Waals surface area contributed by atoms with Crippen LogP contribution in [0.15, 0.2) is 48.5 Å².